The fourth-order valence-electron chi connectivity index (χ4n) is 4.69. The first-order valence-corrected chi connectivity index (χ1v) is 12.5. The lowest BCUT2D eigenvalue weighted by molar-refractivity contribution is -0.137. The number of benzene rings is 1. The first-order valence-electron chi connectivity index (χ1n) is 12.5. The Bertz CT molecular complexity index is 1300. The standard InChI is InChI=1S/C30H32F3N3O/c1-6-7-8-24-17-27(23-9-11-26(12-10-23)30(31,32)33)28(20(2)3)34-29(24)35-14-15-36(21(4)18-35)22(5)25-13-16-37-19-25/h9-13,16-17,19-21H,5-6,14-15,18H2,1-4H3. The van der Waals surface area contributed by atoms with Crippen molar-refractivity contribution in [3.63, 3.8) is 0 Å². The number of aromatic nitrogens is 1. The van der Waals surface area contributed by atoms with Gasteiger partial charge >= 0.3 is 6.18 Å². The lowest BCUT2D eigenvalue weighted by Gasteiger charge is -2.42. The van der Waals surface area contributed by atoms with Gasteiger partial charge in [0.25, 0.3) is 0 Å². The van der Waals surface area contributed by atoms with Crippen molar-refractivity contribution >= 4 is 11.5 Å². The van der Waals surface area contributed by atoms with Crippen LogP contribution in [0.2, 0.25) is 0 Å². The van der Waals surface area contributed by atoms with Gasteiger partial charge in [-0.15, -0.1) is 0 Å². The van der Waals surface area contributed by atoms with E-state index in [1.165, 1.54) is 12.1 Å². The van der Waals surface area contributed by atoms with E-state index in [2.05, 4.69) is 35.1 Å². The normalized spacial score (nSPS) is 16.1. The summed E-state index contributed by atoms with van der Waals surface area (Å²) in [5.41, 5.74) is 4.38. The molecule has 1 fully saturated rings. The highest BCUT2D eigenvalue weighted by atomic mass is 19.4. The minimum atomic E-state index is -4.37. The molecule has 3 aromatic rings. The number of hydrogen-bond acceptors (Lipinski definition) is 4. The largest absolute Gasteiger partial charge is 0.472 e. The number of hydrogen-bond donors (Lipinski definition) is 0. The molecule has 0 radical (unpaired) electrons. The second-order valence-electron chi connectivity index (χ2n) is 9.62. The lowest BCUT2D eigenvalue weighted by Crippen LogP contribution is -2.51. The fraction of sp³-hybridized carbons (Fsp3) is 0.367. The summed E-state index contributed by atoms with van der Waals surface area (Å²) in [6.45, 7) is 14.8. The maximum atomic E-state index is 13.1. The molecule has 0 amide bonds. The summed E-state index contributed by atoms with van der Waals surface area (Å²) in [5.74, 6) is 7.32. The van der Waals surface area contributed by atoms with Crippen LogP contribution in [-0.2, 0) is 6.18 Å². The van der Waals surface area contributed by atoms with Gasteiger partial charge in [-0.1, -0.05) is 51.3 Å². The van der Waals surface area contributed by atoms with Crippen molar-refractivity contribution in [3.8, 4) is 23.0 Å². The van der Waals surface area contributed by atoms with Gasteiger partial charge in [0.15, 0.2) is 0 Å². The van der Waals surface area contributed by atoms with Gasteiger partial charge in [0.1, 0.15) is 5.82 Å². The van der Waals surface area contributed by atoms with E-state index in [1.807, 2.05) is 32.9 Å². The smallest absolute Gasteiger partial charge is 0.416 e. The zero-order valence-electron chi connectivity index (χ0n) is 21.7. The molecule has 1 saturated heterocycles. The van der Waals surface area contributed by atoms with Crippen LogP contribution in [0.1, 0.15) is 62.4 Å². The summed E-state index contributed by atoms with van der Waals surface area (Å²) in [6, 6.07) is 9.37. The van der Waals surface area contributed by atoms with E-state index in [0.29, 0.717) is 12.0 Å². The molecule has 0 saturated carbocycles. The van der Waals surface area contributed by atoms with Gasteiger partial charge < -0.3 is 14.2 Å². The minimum absolute atomic E-state index is 0.0730. The van der Waals surface area contributed by atoms with Gasteiger partial charge in [-0.05, 0) is 42.7 Å². The van der Waals surface area contributed by atoms with E-state index < -0.39 is 11.7 Å². The third-order valence-electron chi connectivity index (χ3n) is 6.63. The molecule has 0 aliphatic carbocycles. The number of piperazine rings is 1. The van der Waals surface area contributed by atoms with Gasteiger partial charge in [-0.3, -0.25) is 0 Å². The zero-order chi connectivity index (χ0) is 26.7. The number of alkyl halides is 3. The number of anilines is 1. The van der Waals surface area contributed by atoms with Crippen molar-refractivity contribution < 1.29 is 17.6 Å². The van der Waals surface area contributed by atoms with Crippen LogP contribution < -0.4 is 4.90 Å². The molecule has 1 aliphatic rings. The summed E-state index contributed by atoms with van der Waals surface area (Å²) in [6.07, 6.45) is -0.331. The predicted molar refractivity (Wildman–Crippen MR) is 142 cm³/mol. The van der Waals surface area contributed by atoms with Crippen LogP contribution >= 0.6 is 0 Å². The van der Waals surface area contributed by atoms with Crippen molar-refractivity contribution in [1.82, 2.24) is 9.88 Å². The Hall–Kier alpha value is -3.66. The number of furan rings is 1. The third-order valence-corrected chi connectivity index (χ3v) is 6.63. The second-order valence-corrected chi connectivity index (χ2v) is 9.62. The summed E-state index contributed by atoms with van der Waals surface area (Å²) >= 11 is 0. The van der Waals surface area contributed by atoms with Crippen molar-refractivity contribution in [3.05, 3.63) is 77.9 Å². The average molecular weight is 508 g/mol. The van der Waals surface area contributed by atoms with Crippen LogP contribution in [0.3, 0.4) is 0 Å². The second kappa shape index (κ2) is 10.8. The molecule has 0 spiro atoms. The molecule has 4 nitrogen and oxygen atoms in total. The number of pyridine rings is 1. The highest BCUT2D eigenvalue weighted by molar-refractivity contribution is 5.73. The molecule has 1 aliphatic heterocycles. The molecule has 0 N–H and O–H groups in total. The molecule has 0 bridgehead atoms. The molecular weight excluding hydrogens is 475 g/mol. The molecule has 2 aromatic heterocycles. The quantitative estimate of drug-likeness (QED) is 0.336. The third kappa shape index (κ3) is 5.69. The molecule has 7 heteroatoms. The van der Waals surface area contributed by atoms with Gasteiger partial charge in [0, 0.05) is 48.9 Å². The summed E-state index contributed by atoms with van der Waals surface area (Å²) in [4.78, 5) is 9.63. The number of halogens is 3. The first-order chi connectivity index (χ1) is 17.6. The number of nitrogens with zero attached hydrogens (tertiary/aromatic N) is 3. The number of rotatable bonds is 5. The van der Waals surface area contributed by atoms with Crippen molar-refractivity contribution in [1.29, 1.82) is 0 Å². The van der Waals surface area contributed by atoms with Crippen LogP contribution in [-0.4, -0.2) is 35.6 Å². The Morgan fingerprint density at radius 3 is 2.49 bits per heavy atom. The molecule has 1 aromatic carbocycles. The van der Waals surface area contributed by atoms with Gasteiger partial charge in [0.05, 0.1) is 29.3 Å². The van der Waals surface area contributed by atoms with Crippen LogP contribution in [0.4, 0.5) is 19.0 Å². The van der Waals surface area contributed by atoms with Crippen molar-refractivity contribution in [2.45, 2.75) is 52.3 Å². The van der Waals surface area contributed by atoms with Crippen LogP contribution in [0, 0.1) is 11.8 Å². The van der Waals surface area contributed by atoms with Gasteiger partial charge in [-0.25, -0.2) is 4.98 Å². The Morgan fingerprint density at radius 2 is 1.92 bits per heavy atom. The summed E-state index contributed by atoms with van der Waals surface area (Å²) in [5, 5.41) is 0. The van der Waals surface area contributed by atoms with E-state index in [9.17, 15) is 13.2 Å². The molecule has 37 heavy (non-hydrogen) atoms. The van der Waals surface area contributed by atoms with Crippen LogP contribution in [0.25, 0.3) is 16.8 Å². The maximum absolute atomic E-state index is 13.1. The minimum Gasteiger partial charge on any atom is -0.472 e. The van der Waals surface area contributed by atoms with Gasteiger partial charge in [0.2, 0.25) is 0 Å². The molecule has 1 unspecified atom stereocenters. The van der Waals surface area contributed by atoms with Gasteiger partial charge in [-0.2, -0.15) is 13.2 Å². The summed E-state index contributed by atoms with van der Waals surface area (Å²) < 4.78 is 44.6. The Kier molecular flexibility index (Phi) is 7.68. The Balaban J connectivity index is 1.70. The predicted octanol–water partition coefficient (Wildman–Crippen LogP) is 7.43. The molecule has 194 valence electrons. The zero-order valence-corrected chi connectivity index (χ0v) is 21.7. The Morgan fingerprint density at radius 1 is 1.19 bits per heavy atom. The van der Waals surface area contributed by atoms with E-state index in [0.717, 1.165) is 65.7 Å². The Labute approximate surface area is 216 Å². The highest BCUT2D eigenvalue weighted by Gasteiger charge is 2.31. The monoisotopic (exact) mass is 507 g/mol. The van der Waals surface area contributed by atoms with E-state index in [-0.39, 0.29) is 12.0 Å². The topological polar surface area (TPSA) is 32.5 Å². The molecular formula is C30H32F3N3O. The van der Waals surface area contributed by atoms with Crippen LogP contribution in [0.5, 0.6) is 0 Å². The molecule has 4 rings (SSSR count). The average Bonchev–Trinajstić information content (AvgIpc) is 3.41. The highest BCUT2D eigenvalue weighted by Crippen LogP contribution is 2.36. The lowest BCUT2D eigenvalue weighted by atomic mass is 9.95. The maximum Gasteiger partial charge on any atom is 0.416 e. The van der Waals surface area contributed by atoms with E-state index >= 15 is 0 Å². The van der Waals surface area contributed by atoms with Crippen molar-refractivity contribution in [2.24, 2.45) is 0 Å². The molecule has 1 atom stereocenters. The summed E-state index contributed by atoms with van der Waals surface area (Å²) in [7, 11) is 0. The SMILES string of the molecule is C=C(c1ccoc1)N1CCN(c2nc(C(C)C)c(-c3ccc(C(F)(F)F)cc3)cc2C#CCC)CC1C. The fourth-order valence-corrected chi connectivity index (χ4v) is 4.69. The van der Waals surface area contributed by atoms with Crippen LogP contribution in [0.15, 0.2) is 59.9 Å². The molecule has 3 heterocycles. The van der Waals surface area contributed by atoms with E-state index in [1.54, 1.807) is 12.5 Å². The first kappa shape index (κ1) is 26.4. The van der Waals surface area contributed by atoms with E-state index in [4.69, 9.17) is 9.40 Å². The van der Waals surface area contributed by atoms with Crippen molar-refractivity contribution in [2.75, 3.05) is 24.5 Å².